The first-order chi connectivity index (χ1) is 8.64. The number of carbonyl (C=O) groups is 2. The number of likely N-dealkylation sites (tertiary alicyclic amines) is 1. The molecule has 1 aromatic heterocycles. The molecule has 1 aliphatic carbocycles. The SMILES string of the molecule is NC(=O)[C@]12C[C@H]1CCCN2C(=O)Cc1ccco1. The van der Waals surface area contributed by atoms with E-state index in [4.69, 9.17) is 10.2 Å². The monoisotopic (exact) mass is 248 g/mol. The Balaban J connectivity index is 1.78. The molecule has 0 bridgehead atoms. The predicted octanol–water partition coefficient (Wildman–Crippen LogP) is 0.688. The standard InChI is InChI=1S/C13H16N2O3/c14-12(17)13-8-9(13)3-1-5-15(13)11(16)7-10-4-2-6-18-10/h2,4,6,9H,1,3,5,7-8H2,(H2,14,17)/t9-,13+/m1/s1. The number of hydrogen-bond acceptors (Lipinski definition) is 3. The second-order valence-corrected chi connectivity index (χ2v) is 5.13. The van der Waals surface area contributed by atoms with Crippen LogP contribution in [0.5, 0.6) is 0 Å². The number of furan rings is 1. The fourth-order valence-electron chi connectivity index (χ4n) is 3.12. The average molecular weight is 248 g/mol. The van der Waals surface area contributed by atoms with Gasteiger partial charge in [0, 0.05) is 6.54 Å². The Bertz CT molecular complexity index is 482. The molecule has 1 saturated carbocycles. The van der Waals surface area contributed by atoms with Crippen molar-refractivity contribution in [1.82, 2.24) is 4.90 Å². The Kier molecular flexibility index (Phi) is 2.43. The number of nitrogens with two attached hydrogens (primary N) is 1. The molecule has 0 radical (unpaired) electrons. The molecule has 5 heteroatoms. The lowest BCUT2D eigenvalue weighted by atomic mass is 10.0. The number of carbonyl (C=O) groups excluding carboxylic acids is 2. The van der Waals surface area contributed by atoms with Gasteiger partial charge in [0.25, 0.3) is 0 Å². The lowest BCUT2D eigenvalue weighted by Crippen LogP contribution is -2.54. The topological polar surface area (TPSA) is 76.5 Å². The van der Waals surface area contributed by atoms with E-state index in [0.29, 0.717) is 12.3 Å². The fourth-order valence-corrected chi connectivity index (χ4v) is 3.12. The summed E-state index contributed by atoms with van der Waals surface area (Å²) in [5.41, 5.74) is 4.80. The summed E-state index contributed by atoms with van der Waals surface area (Å²) in [6.07, 6.45) is 4.42. The molecule has 18 heavy (non-hydrogen) atoms. The third kappa shape index (κ3) is 1.54. The molecule has 2 N–H and O–H groups in total. The van der Waals surface area contributed by atoms with Crippen molar-refractivity contribution >= 4 is 11.8 Å². The van der Waals surface area contributed by atoms with Crippen molar-refractivity contribution in [1.29, 1.82) is 0 Å². The van der Waals surface area contributed by atoms with E-state index in [1.54, 1.807) is 23.3 Å². The molecule has 3 rings (SSSR count). The molecule has 2 atom stereocenters. The van der Waals surface area contributed by atoms with Gasteiger partial charge in [-0.2, -0.15) is 0 Å². The lowest BCUT2D eigenvalue weighted by Gasteiger charge is -2.34. The molecule has 96 valence electrons. The summed E-state index contributed by atoms with van der Waals surface area (Å²) in [5, 5.41) is 0. The van der Waals surface area contributed by atoms with Crippen LogP contribution in [0.1, 0.15) is 25.0 Å². The van der Waals surface area contributed by atoms with Gasteiger partial charge < -0.3 is 15.1 Å². The summed E-state index contributed by atoms with van der Waals surface area (Å²) >= 11 is 0. The molecule has 2 heterocycles. The highest BCUT2D eigenvalue weighted by molar-refractivity contribution is 5.94. The molecular formula is C13H16N2O3. The molecule has 1 aliphatic heterocycles. The van der Waals surface area contributed by atoms with Crippen molar-refractivity contribution in [3.05, 3.63) is 24.2 Å². The van der Waals surface area contributed by atoms with Crippen LogP contribution in [0.2, 0.25) is 0 Å². The number of fused-ring (bicyclic) bond motifs is 1. The molecule has 0 aromatic carbocycles. The van der Waals surface area contributed by atoms with Crippen molar-refractivity contribution in [2.24, 2.45) is 11.7 Å². The maximum Gasteiger partial charge on any atom is 0.243 e. The molecule has 0 spiro atoms. The van der Waals surface area contributed by atoms with E-state index in [9.17, 15) is 9.59 Å². The molecule has 2 aliphatic rings. The van der Waals surface area contributed by atoms with Gasteiger partial charge in [-0.05, 0) is 37.3 Å². The van der Waals surface area contributed by atoms with Crippen LogP contribution in [-0.2, 0) is 16.0 Å². The van der Waals surface area contributed by atoms with Crippen LogP contribution < -0.4 is 5.73 Å². The Morgan fingerprint density at radius 1 is 1.56 bits per heavy atom. The van der Waals surface area contributed by atoms with Crippen LogP contribution in [0.15, 0.2) is 22.8 Å². The van der Waals surface area contributed by atoms with Gasteiger partial charge in [0.05, 0.1) is 12.7 Å². The van der Waals surface area contributed by atoms with Crippen molar-refractivity contribution < 1.29 is 14.0 Å². The summed E-state index contributed by atoms with van der Waals surface area (Å²) in [6, 6.07) is 3.52. The predicted molar refractivity (Wildman–Crippen MR) is 63.4 cm³/mol. The summed E-state index contributed by atoms with van der Waals surface area (Å²) in [6.45, 7) is 0.624. The van der Waals surface area contributed by atoms with Gasteiger partial charge in [-0.3, -0.25) is 9.59 Å². The average Bonchev–Trinajstić information content (AvgIpc) is 2.91. The van der Waals surface area contributed by atoms with E-state index in [0.717, 1.165) is 19.3 Å². The van der Waals surface area contributed by atoms with Crippen LogP contribution in [-0.4, -0.2) is 28.8 Å². The third-order valence-electron chi connectivity index (χ3n) is 4.12. The van der Waals surface area contributed by atoms with Gasteiger partial charge in [0.2, 0.25) is 11.8 Å². The Morgan fingerprint density at radius 2 is 2.39 bits per heavy atom. The number of primary amides is 1. The van der Waals surface area contributed by atoms with Crippen molar-refractivity contribution in [2.45, 2.75) is 31.2 Å². The number of hydrogen-bond donors (Lipinski definition) is 1. The smallest absolute Gasteiger partial charge is 0.243 e. The molecule has 2 fully saturated rings. The van der Waals surface area contributed by atoms with E-state index in [1.807, 2.05) is 0 Å². The zero-order valence-electron chi connectivity index (χ0n) is 10.1. The maximum atomic E-state index is 12.3. The van der Waals surface area contributed by atoms with Crippen LogP contribution in [0.3, 0.4) is 0 Å². The molecule has 5 nitrogen and oxygen atoms in total. The summed E-state index contributed by atoms with van der Waals surface area (Å²) in [4.78, 5) is 25.6. The zero-order chi connectivity index (χ0) is 12.8. The van der Waals surface area contributed by atoms with Gasteiger partial charge in [-0.1, -0.05) is 0 Å². The number of nitrogens with zero attached hydrogens (tertiary/aromatic N) is 1. The number of piperidine rings is 1. The second kappa shape index (κ2) is 3.86. The normalized spacial score (nSPS) is 29.8. The molecule has 2 amide bonds. The summed E-state index contributed by atoms with van der Waals surface area (Å²) in [7, 11) is 0. The highest BCUT2D eigenvalue weighted by Gasteiger charge is 2.65. The van der Waals surface area contributed by atoms with Gasteiger partial charge in [-0.25, -0.2) is 0 Å². The molecule has 1 aromatic rings. The molecule has 1 saturated heterocycles. The second-order valence-electron chi connectivity index (χ2n) is 5.13. The first kappa shape index (κ1) is 11.3. The van der Waals surface area contributed by atoms with Crippen LogP contribution in [0, 0.1) is 5.92 Å². The van der Waals surface area contributed by atoms with Gasteiger partial charge in [-0.15, -0.1) is 0 Å². The summed E-state index contributed by atoms with van der Waals surface area (Å²) in [5.74, 6) is 0.470. The van der Waals surface area contributed by atoms with E-state index >= 15 is 0 Å². The van der Waals surface area contributed by atoms with Gasteiger partial charge in [0.15, 0.2) is 0 Å². The van der Waals surface area contributed by atoms with Crippen LogP contribution >= 0.6 is 0 Å². The Labute approximate surface area is 105 Å². The van der Waals surface area contributed by atoms with Crippen molar-refractivity contribution in [3.63, 3.8) is 0 Å². The van der Waals surface area contributed by atoms with E-state index in [2.05, 4.69) is 0 Å². The minimum absolute atomic E-state index is 0.0639. The van der Waals surface area contributed by atoms with Crippen molar-refractivity contribution in [3.8, 4) is 0 Å². The van der Waals surface area contributed by atoms with Gasteiger partial charge >= 0.3 is 0 Å². The third-order valence-corrected chi connectivity index (χ3v) is 4.12. The first-order valence-corrected chi connectivity index (χ1v) is 6.27. The highest BCUT2D eigenvalue weighted by Crippen LogP contribution is 2.54. The van der Waals surface area contributed by atoms with E-state index in [1.165, 1.54) is 0 Å². The van der Waals surface area contributed by atoms with Gasteiger partial charge in [0.1, 0.15) is 11.3 Å². The van der Waals surface area contributed by atoms with E-state index < -0.39 is 5.54 Å². The highest BCUT2D eigenvalue weighted by atomic mass is 16.3. The zero-order valence-corrected chi connectivity index (χ0v) is 10.1. The largest absolute Gasteiger partial charge is 0.469 e. The number of amides is 2. The van der Waals surface area contributed by atoms with Crippen LogP contribution in [0.4, 0.5) is 0 Å². The minimum Gasteiger partial charge on any atom is -0.469 e. The summed E-state index contributed by atoms with van der Waals surface area (Å²) < 4.78 is 5.17. The van der Waals surface area contributed by atoms with E-state index in [-0.39, 0.29) is 24.2 Å². The Hall–Kier alpha value is -1.78. The van der Waals surface area contributed by atoms with Crippen LogP contribution in [0.25, 0.3) is 0 Å². The molecule has 0 unspecified atom stereocenters. The quantitative estimate of drug-likeness (QED) is 0.855. The minimum atomic E-state index is -0.693. The lowest BCUT2D eigenvalue weighted by molar-refractivity contribution is -0.142. The number of rotatable bonds is 3. The first-order valence-electron chi connectivity index (χ1n) is 6.27. The maximum absolute atomic E-state index is 12.3. The Morgan fingerprint density at radius 3 is 3.06 bits per heavy atom. The molecular weight excluding hydrogens is 232 g/mol. The van der Waals surface area contributed by atoms with Crippen molar-refractivity contribution in [2.75, 3.05) is 6.54 Å². The fraction of sp³-hybridized carbons (Fsp3) is 0.538.